The summed E-state index contributed by atoms with van der Waals surface area (Å²) in [5.41, 5.74) is 0. The van der Waals surface area contributed by atoms with E-state index in [0.29, 0.717) is 0 Å². The zero-order valence-corrected chi connectivity index (χ0v) is 6.45. The fraction of sp³-hybridized carbons (Fsp3) is 1.00. The maximum absolute atomic E-state index is 8.36. The van der Waals surface area contributed by atoms with Gasteiger partial charge < -0.3 is 10.5 Å². The van der Waals surface area contributed by atoms with E-state index in [1.807, 2.05) is 0 Å². The molecule has 1 fully saturated rings. The summed E-state index contributed by atoms with van der Waals surface area (Å²) in [6.07, 6.45) is 5.65. The van der Waals surface area contributed by atoms with Crippen LogP contribution in [0.25, 0.3) is 0 Å². The lowest BCUT2D eigenvalue weighted by molar-refractivity contribution is -0.742. The Balaban J connectivity index is 0.000000218. The first kappa shape index (κ1) is 10.2. The van der Waals surface area contributed by atoms with Crippen LogP contribution in [-0.2, 0) is 0 Å². The highest BCUT2D eigenvalue weighted by Gasteiger charge is 1.94. The van der Waals surface area contributed by atoms with Crippen molar-refractivity contribution in [3.63, 3.8) is 0 Å². The average molecular weight is 162 g/mol. The van der Waals surface area contributed by atoms with Crippen LogP contribution >= 0.6 is 0 Å². The molecule has 2 N–H and O–H groups in total. The first-order valence-corrected chi connectivity index (χ1v) is 3.77. The molecule has 0 atom stereocenters. The van der Waals surface area contributed by atoms with Gasteiger partial charge in [0.25, 0.3) is 5.09 Å². The summed E-state index contributed by atoms with van der Waals surface area (Å²) in [7, 11) is 0. The third-order valence-corrected chi connectivity index (χ3v) is 1.46. The summed E-state index contributed by atoms with van der Waals surface area (Å²) < 4.78 is 0. The maximum atomic E-state index is 8.36. The van der Waals surface area contributed by atoms with E-state index in [2.05, 4.69) is 5.32 Å². The van der Waals surface area contributed by atoms with Gasteiger partial charge in [-0.3, -0.25) is 0 Å². The Morgan fingerprint density at radius 1 is 1.18 bits per heavy atom. The topological polar surface area (TPSA) is 75.4 Å². The third kappa shape index (κ3) is 12.4. The molecule has 0 radical (unpaired) electrons. The molecule has 0 aromatic rings. The molecule has 0 bridgehead atoms. The molecule has 66 valence electrons. The Labute approximate surface area is 65.5 Å². The van der Waals surface area contributed by atoms with Crippen LogP contribution in [0.5, 0.6) is 0 Å². The van der Waals surface area contributed by atoms with Crippen LogP contribution < -0.4 is 5.32 Å². The van der Waals surface area contributed by atoms with Crippen molar-refractivity contribution < 1.29 is 10.3 Å². The van der Waals surface area contributed by atoms with Gasteiger partial charge in [0, 0.05) is 0 Å². The Morgan fingerprint density at radius 2 is 1.55 bits per heavy atom. The van der Waals surface area contributed by atoms with E-state index in [1.165, 1.54) is 38.8 Å². The molecular formula is C6H14N2O3. The van der Waals surface area contributed by atoms with Gasteiger partial charge in [0.1, 0.15) is 0 Å². The zero-order valence-electron chi connectivity index (χ0n) is 6.45. The molecule has 1 saturated heterocycles. The molecule has 0 unspecified atom stereocenters. The van der Waals surface area contributed by atoms with Crippen molar-refractivity contribution in [3.8, 4) is 0 Å². The standard InChI is InChI=1S/C6H13N.HNO3/c1-2-4-6-7-5-3-1;2-1(3)4/h7H,1-6H2;(H,2,3,4). The van der Waals surface area contributed by atoms with Crippen LogP contribution in [0.4, 0.5) is 0 Å². The second-order valence-electron chi connectivity index (χ2n) is 2.40. The van der Waals surface area contributed by atoms with Crippen molar-refractivity contribution in [1.82, 2.24) is 5.32 Å². The Hall–Kier alpha value is -0.840. The highest BCUT2D eigenvalue weighted by Crippen LogP contribution is 2.00. The molecule has 5 heteroatoms. The number of hydrogen-bond donors (Lipinski definition) is 2. The van der Waals surface area contributed by atoms with Gasteiger partial charge in [0.2, 0.25) is 0 Å². The summed E-state index contributed by atoms with van der Waals surface area (Å²) in [5, 5.41) is 17.0. The van der Waals surface area contributed by atoms with Crippen molar-refractivity contribution in [2.45, 2.75) is 25.7 Å². The summed E-state index contributed by atoms with van der Waals surface area (Å²) in [5.74, 6) is 0. The molecule has 0 spiro atoms. The first-order valence-electron chi connectivity index (χ1n) is 3.77. The van der Waals surface area contributed by atoms with Crippen LogP contribution in [0.15, 0.2) is 0 Å². The number of rotatable bonds is 0. The van der Waals surface area contributed by atoms with Crippen LogP contribution in [0, 0.1) is 10.1 Å². The van der Waals surface area contributed by atoms with Gasteiger partial charge in [-0.2, -0.15) is 0 Å². The Bertz CT molecular complexity index is 84.3. The largest absolute Gasteiger partial charge is 0.328 e. The van der Waals surface area contributed by atoms with E-state index in [1.54, 1.807) is 0 Å². The molecule has 1 aliphatic heterocycles. The lowest BCUT2D eigenvalue weighted by Gasteiger charge is -1.91. The predicted octanol–water partition coefficient (Wildman–Crippen LogP) is 0.802. The molecule has 5 nitrogen and oxygen atoms in total. The van der Waals surface area contributed by atoms with Gasteiger partial charge in [-0.25, -0.2) is 0 Å². The summed E-state index contributed by atoms with van der Waals surface area (Å²) in [6.45, 7) is 2.50. The van der Waals surface area contributed by atoms with Gasteiger partial charge in [0.05, 0.1) is 0 Å². The highest BCUT2D eigenvalue weighted by molar-refractivity contribution is 4.54. The fourth-order valence-corrected chi connectivity index (χ4v) is 0.979. The molecule has 1 aliphatic rings. The van der Waals surface area contributed by atoms with Crippen LogP contribution in [0.1, 0.15) is 25.7 Å². The zero-order chi connectivity index (χ0) is 8.53. The first-order chi connectivity index (χ1) is 5.23. The second kappa shape index (κ2) is 7.27. The lowest BCUT2D eigenvalue weighted by Crippen LogP contribution is -2.12. The predicted molar refractivity (Wildman–Crippen MR) is 40.1 cm³/mol. The van der Waals surface area contributed by atoms with Gasteiger partial charge >= 0.3 is 0 Å². The smallest absolute Gasteiger partial charge is 0.291 e. The average Bonchev–Trinajstić information content (AvgIpc) is 2.13. The third-order valence-electron chi connectivity index (χ3n) is 1.46. The lowest BCUT2D eigenvalue weighted by atomic mass is 10.2. The summed E-state index contributed by atoms with van der Waals surface area (Å²) >= 11 is 0. The Morgan fingerprint density at radius 3 is 1.91 bits per heavy atom. The summed E-state index contributed by atoms with van der Waals surface area (Å²) in [4.78, 5) is 8.36. The number of nitrogens with zero attached hydrogens (tertiary/aromatic N) is 1. The van der Waals surface area contributed by atoms with E-state index in [0.717, 1.165) is 0 Å². The van der Waals surface area contributed by atoms with E-state index in [9.17, 15) is 0 Å². The van der Waals surface area contributed by atoms with Gasteiger partial charge in [0.15, 0.2) is 0 Å². The van der Waals surface area contributed by atoms with Crippen LogP contribution in [-0.4, -0.2) is 23.4 Å². The van der Waals surface area contributed by atoms with E-state index in [-0.39, 0.29) is 0 Å². The fourth-order valence-electron chi connectivity index (χ4n) is 0.979. The molecule has 1 rings (SSSR count). The van der Waals surface area contributed by atoms with Gasteiger partial charge in [-0.05, 0) is 25.9 Å². The minimum atomic E-state index is -1.50. The highest BCUT2D eigenvalue weighted by atomic mass is 16.9. The van der Waals surface area contributed by atoms with Gasteiger partial charge in [-0.15, -0.1) is 10.1 Å². The van der Waals surface area contributed by atoms with E-state index in [4.69, 9.17) is 15.3 Å². The van der Waals surface area contributed by atoms with E-state index >= 15 is 0 Å². The molecule has 11 heavy (non-hydrogen) atoms. The van der Waals surface area contributed by atoms with E-state index < -0.39 is 5.09 Å². The van der Waals surface area contributed by atoms with Crippen molar-refractivity contribution in [1.29, 1.82) is 0 Å². The van der Waals surface area contributed by atoms with Crippen molar-refractivity contribution in [2.75, 3.05) is 13.1 Å². The van der Waals surface area contributed by atoms with Gasteiger partial charge in [-0.1, -0.05) is 12.8 Å². The molecule has 1 heterocycles. The minimum Gasteiger partial charge on any atom is -0.328 e. The molecular weight excluding hydrogens is 148 g/mol. The molecule has 0 aromatic carbocycles. The quantitative estimate of drug-likeness (QED) is 0.408. The molecule has 0 aliphatic carbocycles. The summed E-state index contributed by atoms with van der Waals surface area (Å²) in [6, 6.07) is 0. The van der Waals surface area contributed by atoms with Crippen LogP contribution in [0.3, 0.4) is 0 Å². The molecule has 0 saturated carbocycles. The minimum absolute atomic E-state index is 1.25. The Kier molecular flexibility index (Phi) is 6.71. The van der Waals surface area contributed by atoms with Crippen molar-refractivity contribution in [3.05, 3.63) is 10.1 Å². The van der Waals surface area contributed by atoms with Crippen LogP contribution in [0.2, 0.25) is 0 Å². The monoisotopic (exact) mass is 162 g/mol. The number of hydrogen-bond acceptors (Lipinski definition) is 3. The normalized spacial score (nSPS) is 17.5. The van der Waals surface area contributed by atoms with Crippen molar-refractivity contribution >= 4 is 0 Å². The maximum Gasteiger partial charge on any atom is 0.291 e. The van der Waals surface area contributed by atoms with Crippen molar-refractivity contribution in [2.24, 2.45) is 0 Å². The molecule has 0 aromatic heterocycles. The molecule has 0 amide bonds. The number of nitrogens with one attached hydrogen (secondary N) is 1. The second-order valence-corrected chi connectivity index (χ2v) is 2.40. The SMILES string of the molecule is C1CCCNCC1.O=[N+]([O-])O.